The normalized spacial score (nSPS) is 11.2. The number of carbonyl (C=O) groups is 1. The molecule has 0 spiro atoms. The van der Waals surface area contributed by atoms with Crippen LogP contribution in [0.3, 0.4) is 0 Å². The maximum absolute atomic E-state index is 11.7. The third kappa shape index (κ3) is 4.46. The Kier molecular flexibility index (Phi) is 5.30. The van der Waals surface area contributed by atoms with Gasteiger partial charge in [0.15, 0.2) is 9.84 Å². The van der Waals surface area contributed by atoms with Crippen molar-refractivity contribution in [3.63, 3.8) is 0 Å². The summed E-state index contributed by atoms with van der Waals surface area (Å²) in [4.78, 5) is 11.9. The zero-order chi connectivity index (χ0) is 13.6. The number of hydrogen-bond acceptors (Lipinski definition) is 4. The number of benzene rings is 1. The van der Waals surface area contributed by atoms with Crippen LogP contribution in [0.15, 0.2) is 29.2 Å². The monoisotopic (exact) mass is 270 g/mol. The lowest BCUT2D eigenvalue weighted by molar-refractivity contribution is 0.0953. The Hall–Kier alpha value is -1.40. The molecule has 1 aromatic carbocycles. The van der Waals surface area contributed by atoms with Gasteiger partial charge in [-0.2, -0.15) is 0 Å². The molecule has 0 fully saturated rings. The fourth-order valence-electron chi connectivity index (χ4n) is 1.44. The standard InChI is InChI=1S/C12H18N2O3S/c1-18(16,17)11-6-4-5-10(9-11)12(15)14-8-3-2-7-13/h4-6,9H,2-3,7-8,13H2,1H3,(H,14,15). The van der Waals surface area contributed by atoms with Gasteiger partial charge in [-0.25, -0.2) is 8.42 Å². The highest BCUT2D eigenvalue weighted by Crippen LogP contribution is 2.11. The van der Waals surface area contributed by atoms with Crippen LogP contribution in [0.2, 0.25) is 0 Å². The Morgan fingerprint density at radius 2 is 2.06 bits per heavy atom. The van der Waals surface area contributed by atoms with Crippen LogP contribution in [0, 0.1) is 0 Å². The van der Waals surface area contributed by atoms with E-state index in [4.69, 9.17) is 5.73 Å². The van der Waals surface area contributed by atoms with Gasteiger partial charge in [0.2, 0.25) is 0 Å². The van der Waals surface area contributed by atoms with E-state index < -0.39 is 9.84 Å². The predicted molar refractivity (Wildman–Crippen MR) is 70.2 cm³/mol. The van der Waals surface area contributed by atoms with Crippen LogP contribution >= 0.6 is 0 Å². The second-order valence-corrected chi connectivity index (χ2v) is 6.07. The summed E-state index contributed by atoms with van der Waals surface area (Å²) in [6, 6.07) is 6.01. The van der Waals surface area contributed by atoms with Crippen LogP contribution in [0.1, 0.15) is 23.2 Å². The van der Waals surface area contributed by atoms with E-state index in [9.17, 15) is 13.2 Å². The molecule has 6 heteroatoms. The number of amides is 1. The summed E-state index contributed by atoms with van der Waals surface area (Å²) in [6.45, 7) is 1.14. The number of sulfone groups is 1. The van der Waals surface area contributed by atoms with Crippen molar-refractivity contribution >= 4 is 15.7 Å². The molecular formula is C12H18N2O3S. The molecule has 1 aromatic rings. The Morgan fingerprint density at radius 1 is 1.33 bits per heavy atom. The van der Waals surface area contributed by atoms with Gasteiger partial charge in [0.05, 0.1) is 4.90 Å². The minimum Gasteiger partial charge on any atom is -0.352 e. The molecule has 5 nitrogen and oxygen atoms in total. The van der Waals surface area contributed by atoms with Crippen molar-refractivity contribution < 1.29 is 13.2 Å². The fourth-order valence-corrected chi connectivity index (χ4v) is 2.11. The molecule has 0 aliphatic rings. The van der Waals surface area contributed by atoms with E-state index in [-0.39, 0.29) is 10.8 Å². The molecule has 1 amide bonds. The maximum atomic E-state index is 11.7. The number of rotatable bonds is 6. The number of carbonyl (C=O) groups excluding carboxylic acids is 1. The Bertz CT molecular complexity index is 512. The van der Waals surface area contributed by atoms with Crippen molar-refractivity contribution in [3.05, 3.63) is 29.8 Å². The third-order valence-electron chi connectivity index (χ3n) is 2.44. The molecule has 1 rings (SSSR count). The number of hydrogen-bond donors (Lipinski definition) is 2. The van der Waals surface area contributed by atoms with Crippen molar-refractivity contribution in [2.45, 2.75) is 17.7 Å². The first-order valence-corrected chi connectivity index (χ1v) is 7.62. The van der Waals surface area contributed by atoms with E-state index in [1.165, 1.54) is 12.1 Å². The van der Waals surface area contributed by atoms with Gasteiger partial charge < -0.3 is 11.1 Å². The van der Waals surface area contributed by atoms with Crippen LogP contribution in [0.4, 0.5) is 0 Å². The van der Waals surface area contributed by atoms with Gasteiger partial charge in [0.1, 0.15) is 0 Å². The molecular weight excluding hydrogens is 252 g/mol. The smallest absolute Gasteiger partial charge is 0.251 e. The second-order valence-electron chi connectivity index (χ2n) is 4.05. The first-order valence-electron chi connectivity index (χ1n) is 5.73. The van der Waals surface area contributed by atoms with Gasteiger partial charge in [0, 0.05) is 18.4 Å². The Balaban J connectivity index is 2.69. The van der Waals surface area contributed by atoms with E-state index in [1.54, 1.807) is 12.1 Å². The highest BCUT2D eigenvalue weighted by atomic mass is 32.2. The van der Waals surface area contributed by atoms with E-state index in [0.29, 0.717) is 18.7 Å². The molecule has 0 bridgehead atoms. The summed E-state index contributed by atoms with van der Waals surface area (Å²) >= 11 is 0. The van der Waals surface area contributed by atoms with Crippen LogP contribution in [-0.4, -0.2) is 33.7 Å². The summed E-state index contributed by atoms with van der Waals surface area (Å²) in [6.07, 6.45) is 2.78. The summed E-state index contributed by atoms with van der Waals surface area (Å²) < 4.78 is 22.7. The Morgan fingerprint density at radius 3 is 2.67 bits per heavy atom. The molecule has 0 saturated carbocycles. The molecule has 100 valence electrons. The highest BCUT2D eigenvalue weighted by Gasteiger charge is 2.10. The van der Waals surface area contributed by atoms with Crippen LogP contribution < -0.4 is 11.1 Å². The summed E-state index contributed by atoms with van der Waals surface area (Å²) in [5.74, 6) is -0.266. The molecule has 18 heavy (non-hydrogen) atoms. The first-order chi connectivity index (χ1) is 8.45. The number of nitrogens with two attached hydrogens (primary N) is 1. The van der Waals surface area contributed by atoms with Crippen molar-refractivity contribution in [1.29, 1.82) is 0 Å². The quantitative estimate of drug-likeness (QED) is 0.739. The lowest BCUT2D eigenvalue weighted by Crippen LogP contribution is -2.25. The molecule has 0 aromatic heterocycles. The molecule has 0 aliphatic heterocycles. The molecule has 0 atom stereocenters. The van der Waals surface area contributed by atoms with Gasteiger partial charge in [-0.15, -0.1) is 0 Å². The molecule has 0 radical (unpaired) electrons. The fraction of sp³-hybridized carbons (Fsp3) is 0.417. The largest absolute Gasteiger partial charge is 0.352 e. The minimum atomic E-state index is -3.28. The van der Waals surface area contributed by atoms with Crippen LogP contribution in [0.25, 0.3) is 0 Å². The molecule has 0 unspecified atom stereocenters. The number of unbranched alkanes of at least 4 members (excludes halogenated alkanes) is 1. The van der Waals surface area contributed by atoms with Crippen molar-refractivity contribution in [1.82, 2.24) is 5.32 Å². The second kappa shape index (κ2) is 6.51. The first kappa shape index (κ1) is 14.7. The average Bonchev–Trinajstić information content (AvgIpc) is 2.33. The summed E-state index contributed by atoms with van der Waals surface area (Å²) in [7, 11) is -3.28. The van der Waals surface area contributed by atoms with E-state index in [1.807, 2.05) is 0 Å². The predicted octanol–water partition coefficient (Wildman–Crippen LogP) is 0.559. The molecule has 0 heterocycles. The zero-order valence-electron chi connectivity index (χ0n) is 10.3. The highest BCUT2D eigenvalue weighted by molar-refractivity contribution is 7.90. The van der Waals surface area contributed by atoms with Gasteiger partial charge in [0.25, 0.3) is 5.91 Å². The maximum Gasteiger partial charge on any atom is 0.251 e. The minimum absolute atomic E-state index is 0.150. The van der Waals surface area contributed by atoms with Crippen LogP contribution in [0.5, 0.6) is 0 Å². The lowest BCUT2D eigenvalue weighted by atomic mass is 10.2. The van der Waals surface area contributed by atoms with E-state index >= 15 is 0 Å². The lowest BCUT2D eigenvalue weighted by Gasteiger charge is -2.06. The molecule has 3 N–H and O–H groups in total. The molecule has 0 aliphatic carbocycles. The summed E-state index contributed by atoms with van der Waals surface area (Å²) in [5.41, 5.74) is 5.70. The molecule has 0 saturated heterocycles. The van der Waals surface area contributed by atoms with E-state index in [0.717, 1.165) is 19.1 Å². The van der Waals surface area contributed by atoms with Crippen LogP contribution in [-0.2, 0) is 9.84 Å². The zero-order valence-corrected chi connectivity index (χ0v) is 11.2. The summed E-state index contributed by atoms with van der Waals surface area (Å²) in [5, 5.41) is 2.72. The van der Waals surface area contributed by atoms with E-state index in [2.05, 4.69) is 5.32 Å². The van der Waals surface area contributed by atoms with Crippen molar-refractivity contribution in [2.24, 2.45) is 5.73 Å². The van der Waals surface area contributed by atoms with Gasteiger partial charge in [-0.1, -0.05) is 6.07 Å². The van der Waals surface area contributed by atoms with Gasteiger partial charge in [-0.05, 0) is 37.6 Å². The van der Waals surface area contributed by atoms with Gasteiger partial charge >= 0.3 is 0 Å². The van der Waals surface area contributed by atoms with Gasteiger partial charge in [-0.3, -0.25) is 4.79 Å². The number of nitrogens with one attached hydrogen (secondary N) is 1. The average molecular weight is 270 g/mol. The SMILES string of the molecule is CS(=O)(=O)c1cccc(C(=O)NCCCCN)c1. The third-order valence-corrected chi connectivity index (χ3v) is 3.55. The Labute approximate surface area is 107 Å². The van der Waals surface area contributed by atoms with Crippen molar-refractivity contribution in [2.75, 3.05) is 19.3 Å². The van der Waals surface area contributed by atoms with Crippen molar-refractivity contribution in [3.8, 4) is 0 Å². The topological polar surface area (TPSA) is 89.3 Å².